The quantitative estimate of drug-likeness (QED) is 0.485. The van der Waals surface area contributed by atoms with Crippen LogP contribution in [0.1, 0.15) is 41.6 Å². The van der Waals surface area contributed by atoms with E-state index in [9.17, 15) is 18.0 Å². The lowest BCUT2D eigenvalue weighted by atomic mass is 9.84. The van der Waals surface area contributed by atoms with Gasteiger partial charge in [0.15, 0.2) is 5.78 Å². The summed E-state index contributed by atoms with van der Waals surface area (Å²) in [6.45, 7) is 0. The Morgan fingerprint density at radius 1 is 0.844 bits per heavy atom. The molecule has 0 amide bonds. The normalized spacial score (nSPS) is 22.7. The first-order chi connectivity index (χ1) is 15.4. The van der Waals surface area contributed by atoms with Crippen LogP contribution in [0.3, 0.4) is 0 Å². The number of alkyl halides is 3. The molecule has 5 rings (SSSR count). The number of benzene rings is 2. The molecule has 0 aliphatic carbocycles. The Morgan fingerprint density at radius 2 is 1.38 bits per heavy atom. The average molecular weight is 437 g/mol. The van der Waals surface area contributed by atoms with Crippen LogP contribution in [0.5, 0.6) is 0 Å². The summed E-state index contributed by atoms with van der Waals surface area (Å²) in [5.74, 6) is 0.839. The molecule has 0 saturated carbocycles. The molecule has 2 aromatic carbocycles. The number of hydrogen-bond donors (Lipinski definition) is 0. The zero-order chi connectivity index (χ0) is 22.3. The summed E-state index contributed by atoms with van der Waals surface area (Å²) in [5, 5.41) is 0. The minimum Gasteiger partial charge on any atom is -0.335 e. The summed E-state index contributed by atoms with van der Waals surface area (Å²) in [5.41, 5.74) is 1.45. The second kappa shape index (κ2) is 8.04. The topological polar surface area (TPSA) is 46.1 Å². The zero-order valence-electron chi connectivity index (χ0n) is 17.3. The maximum Gasteiger partial charge on any atom is 0.416 e. The summed E-state index contributed by atoms with van der Waals surface area (Å²) in [6, 6.07) is 14.6. The van der Waals surface area contributed by atoms with Gasteiger partial charge in [-0.2, -0.15) is 13.2 Å². The molecule has 2 aliphatic heterocycles. The molecule has 2 saturated heterocycles. The van der Waals surface area contributed by atoms with E-state index in [2.05, 4.69) is 14.9 Å². The Labute approximate surface area is 184 Å². The minimum atomic E-state index is -4.35. The highest BCUT2D eigenvalue weighted by molar-refractivity contribution is 5.98. The van der Waals surface area contributed by atoms with Gasteiger partial charge in [-0.3, -0.25) is 4.79 Å². The summed E-state index contributed by atoms with van der Waals surface area (Å²) in [6.07, 6.45) is 2.80. The van der Waals surface area contributed by atoms with Gasteiger partial charge >= 0.3 is 6.18 Å². The van der Waals surface area contributed by atoms with Gasteiger partial charge in [0.05, 0.1) is 5.56 Å². The molecule has 32 heavy (non-hydrogen) atoms. The van der Waals surface area contributed by atoms with Gasteiger partial charge in [0.1, 0.15) is 0 Å². The molecule has 164 valence electrons. The number of aromatic nitrogens is 2. The first-order valence-corrected chi connectivity index (χ1v) is 10.8. The van der Waals surface area contributed by atoms with Crippen molar-refractivity contribution >= 4 is 11.7 Å². The van der Waals surface area contributed by atoms with Crippen LogP contribution in [0.25, 0.3) is 11.1 Å². The van der Waals surface area contributed by atoms with Gasteiger partial charge in [0.25, 0.3) is 0 Å². The Morgan fingerprint density at radius 3 is 1.91 bits per heavy atom. The van der Waals surface area contributed by atoms with Crippen molar-refractivity contribution in [2.45, 2.75) is 43.9 Å². The zero-order valence-corrected chi connectivity index (χ0v) is 17.3. The molecule has 7 heteroatoms. The fourth-order valence-electron chi connectivity index (χ4n) is 5.06. The third-order valence-corrected chi connectivity index (χ3v) is 6.60. The van der Waals surface area contributed by atoms with Crippen LogP contribution in [0.15, 0.2) is 67.0 Å². The van der Waals surface area contributed by atoms with Crippen LogP contribution in [0, 0.1) is 5.92 Å². The van der Waals surface area contributed by atoms with Gasteiger partial charge in [-0.1, -0.05) is 36.4 Å². The molecule has 3 heterocycles. The number of Topliss-reactive ketones (excluding diaryl/α,β-unsaturated/α-hetero) is 1. The number of hydrogen-bond acceptors (Lipinski definition) is 4. The van der Waals surface area contributed by atoms with Crippen molar-refractivity contribution in [1.82, 2.24) is 9.97 Å². The fraction of sp³-hybridized carbons (Fsp3) is 0.320. The summed E-state index contributed by atoms with van der Waals surface area (Å²) < 4.78 is 38.3. The van der Waals surface area contributed by atoms with E-state index < -0.39 is 11.7 Å². The van der Waals surface area contributed by atoms with E-state index >= 15 is 0 Å². The van der Waals surface area contributed by atoms with E-state index in [1.165, 1.54) is 12.1 Å². The van der Waals surface area contributed by atoms with Crippen molar-refractivity contribution in [3.63, 3.8) is 0 Å². The smallest absolute Gasteiger partial charge is 0.335 e. The van der Waals surface area contributed by atoms with E-state index in [0.29, 0.717) is 11.1 Å². The molecule has 1 aromatic heterocycles. The van der Waals surface area contributed by atoms with Crippen molar-refractivity contribution in [2.75, 3.05) is 4.90 Å². The highest BCUT2D eigenvalue weighted by atomic mass is 19.4. The van der Waals surface area contributed by atoms with Gasteiger partial charge in [-0.25, -0.2) is 9.97 Å². The maximum atomic E-state index is 13.2. The molecule has 2 fully saturated rings. The number of piperidine rings is 1. The minimum absolute atomic E-state index is 0.0376. The number of rotatable bonds is 4. The number of halogens is 3. The largest absolute Gasteiger partial charge is 0.416 e. The number of carbonyl (C=O) groups is 1. The highest BCUT2D eigenvalue weighted by Gasteiger charge is 2.44. The second-order valence-electron chi connectivity index (χ2n) is 8.53. The first kappa shape index (κ1) is 20.7. The second-order valence-corrected chi connectivity index (χ2v) is 8.53. The molecular formula is C25H22F3N3O. The predicted octanol–water partition coefficient (Wildman–Crippen LogP) is 5.79. The van der Waals surface area contributed by atoms with E-state index in [1.807, 2.05) is 0 Å². The van der Waals surface area contributed by atoms with Crippen LogP contribution in [0.2, 0.25) is 0 Å². The van der Waals surface area contributed by atoms with Gasteiger partial charge < -0.3 is 4.90 Å². The third kappa shape index (κ3) is 3.87. The highest BCUT2D eigenvalue weighted by Crippen LogP contribution is 2.41. The summed E-state index contributed by atoms with van der Waals surface area (Å²) in [4.78, 5) is 24.3. The summed E-state index contributed by atoms with van der Waals surface area (Å²) >= 11 is 0. The maximum absolute atomic E-state index is 13.2. The van der Waals surface area contributed by atoms with E-state index in [-0.39, 0.29) is 23.8 Å². The molecule has 4 nitrogen and oxygen atoms in total. The van der Waals surface area contributed by atoms with Crippen LogP contribution >= 0.6 is 0 Å². The molecule has 2 bridgehead atoms. The Hall–Kier alpha value is -3.22. The van der Waals surface area contributed by atoms with Crippen LogP contribution in [-0.4, -0.2) is 27.8 Å². The Bertz CT molecular complexity index is 1080. The van der Waals surface area contributed by atoms with Crippen molar-refractivity contribution in [1.29, 1.82) is 0 Å². The third-order valence-electron chi connectivity index (χ3n) is 6.60. The molecule has 2 aliphatic rings. The number of carbonyl (C=O) groups excluding carboxylic acids is 1. The lowest BCUT2D eigenvalue weighted by molar-refractivity contribution is -0.137. The van der Waals surface area contributed by atoms with Crippen LogP contribution in [0.4, 0.5) is 19.1 Å². The van der Waals surface area contributed by atoms with Crippen molar-refractivity contribution < 1.29 is 18.0 Å². The number of ketones is 1. The number of fused-ring (bicyclic) bond motifs is 2. The van der Waals surface area contributed by atoms with Crippen molar-refractivity contribution in [3.05, 3.63) is 78.1 Å². The molecule has 2 atom stereocenters. The molecule has 0 N–H and O–H groups in total. The average Bonchev–Trinajstić information content (AvgIpc) is 3.08. The van der Waals surface area contributed by atoms with E-state index in [0.717, 1.165) is 49.3 Å². The lowest BCUT2D eigenvalue weighted by Crippen LogP contribution is -2.45. The Balaban J connectivity index is 1.29. The standard InChI is InChI=1S/C25H22F3N3O/c26-25(27,28)20-8-6-17(7-9-20)16-2-4-18(5-3-16)23(32)19-14-21-10-11-22(15-19)31(21)24-29-12-1-13-30-24/h1-9,12-13,19,21-22H,10-11,14-15H2. The van der Waals surface area contributed by atoms with Gasteiger partial charge in [-0.15, -0.1) is 0 Å². The van der Waals surface area contributed by atoms with Crippen molar-refractivity contribution in [2.24, 2.45) is 5.92 Å². The van der Waals surface area contributed by atoms with Gasteiger partial charge in [-0.05, 0) is 55.0 Å². The SMILES string of the molecule is O=C(c1ccc(-c2ccc(C(F)(F)F)cc2)cc1)C1CC2CCC(C1)N2c1ncccn1. The van der Waals surface area contributed by atoms with Gasteiger partial charge in [0, 0.05) is 36.0 Å². The molecule has 0 spiro atoms. The predicted molar refractivity (Wildman–Crippen MR) is 115 cm³/mol. The Kier molecular flexibility index (Phi) is 5.19. The lowest BCUT2D eigenvalue weighted by Gasteiger charge is -2.38. The van der Waals surface area contributed by atoms with Crippen LogP contribution in [-0.2, 0) is 6.18 Å². The summed E-state index contributed by atoms with van der Waals surface area (Å²) in [7, 11) is 0. The first-order valence-electron chi connectivity index (χ1n) is 10.8. The van der Waals surface area contributed by atoms with Gasteiger partial charge in [0.2, 0.25) is 5.95 Å². The molecule has 0 radical (unpaired) electrons. The molecule has 3 aromatic rings. The molecule has 2 unspecified atom stereocenters. The van der Waals surface area contributed by atoms with Crippen molar-refractivity contribution in [3.8, 4) is 11.1 Å². The molecular weight excluding hydrogens is 415 g/mol. The monoisotopic (exact) mass is 437 g/mol. The number of nitrogens with zero attached hydrogens (tertiary/aromatic N) is 3. The van der Waals surface area contributed by atoms with E-state index in [1.54, 1.807) is 42.7 Å². The fourth-order valence-corrected chi connectivity index (χ4v) is 5.06. The van der Waals surface area contributed by atoms with Crippen LogP contribution < -0.4 is 4.90 Å². The number of anilines is 1. The van der Waals surface area contributed by atoms with E-state index in [4.69, 9.17) is 0 Å².